The summed E-state index contributed by atoms with van der Waals surface area (Å²) in [5.74, 6) is 0.502. The normalized spacial score (nSPS) is 20.8. The zero-order chi connectivity index (χ0) is 16.4. The van der Waals surface area contributed by atoms with E-state index in [9.17, 15) is 4.79 Å². The van der Waals surface area contributed by atoms with Crippen LogP contribution in [-0.4, -0.2) is 24.0 Å². The number of nitrogens with zero attached hydrogens (tertiary/aromatic N) is 1. The largest absolute Gasteiger partial charge is 0.325 e. The number of anilines is 1. The summed E-state index contributed by atoms with van der Waals surface area (Å²) in [7, 11) is 0. The lowest BCUT2D eigenvalue weighted by atomic mass is 9.89. The minimum Gasteiger partial charge on any atom is -0.325 e. The van der Waals surface area contributed by atoms with Crippen molar-refractivity contribution in [3.8, 4) is 0 Å². The Bertz CT molecular complexity index is 841. The van der Waals surface area contributed by atoms with Gasteiger partial charge < -0.3 is 10.6 Å². The van der Waals surface area contributed by atoms with E-state index in [0.717, 1.165) is 36.0 Å². The van der Waals surface area contributed by atoms with Crippen LogP contribution in [0.15, 0.2) is 54.2 Å². The van der Waals surface area contributed by atoms with E-state index >= 15 is 0 Å². The van der Waals surface area contributed by atoms with Gasteiger partial charge in [-0.3, -0.25) is 9.78 Å². The van der Waals surface area contributed by atoms with E-state index in [0.29, 0.717) is 5.92 Å². The molecule has 1 aliphatic rings. The first-order valence-electron chi connectivity index (χ1n) is 8.19. The molecule has 0 unspecified atom stereocenters. The Morgan fingerprint density at radius 1 is 1.21 bits per heavy atom. The number of nitrogens with one attached hydrogen (secondary N) is 2. The Morgan fingerprint density at radius 2 is 2.17 bits per heavy atom. The van der Waals surface area contributed by atoms with Gasteiger partial charge in [0.25, 0.3) is 0 Å². The van der Waals surface area contributed by atoms with Gasteiger partial charge in [0, 0.05) is 52.7 Å². The molecule has 0 spiro atoms. The lowest BCUT2D eigenvalue weighted by molar-refractivity contribution is -0.120. The molecule has 4 nitrogen and oxygen atoms in total. The summed E-state index contributed by atoms with van der Waals surface area (Å²) >= 11 is 1.77. The average molecular weight is 337 g/mol. The van der Waals surface area contributed by atoms with Crippen LogP contribution in [0.25, 0.3) is 10.8 Å². The maximum Gasteiger partial charge on any atom is 0.228 e. The Hall–Kier alpha value is -2.24. The predicted octanol–water partition coefficient (Wildman–Crippen LogP) is 3.63. The Labute approximate surface area is 144 Å². The fourth-order valence-corrected chi connectivity index (χ4v) is 4.19. The van der Waals surface area contributed by atoms with Gasteiger partial charge in [0.15, 0.2) is 0 Å². The van der Waals surface area contributed by atoms with Crippen molar-refractivity contribution >= 4 is 33.7 Å². The molecule has 4 rings (SSSR count). The van der Waals surface area contributed by atoms with Crippen molar-refractivity contribution in [1.82, 2.24) is 10.3 Å². The number of piperidine rings is 1. The molecule has 1 aliphatic heterocycles. The maximum atomic E-state index is 12.8. The van der Waals surface area contributed by atoms with Crippen LogP contribution in [-0.2, 0) is 4.79 Å². The van der Waals surface area contributed by atoms with Crippen molar-refractivity contribution in [3.63, 3.8) is 0 Å². The van der Waals surface area contributed by atoms with E-state index in [2.05, 4.69) is 33.1 Å². The number of amides is 1. The standard InChI is InChI=1S/C19H19N3OS/c23-19(15-9-14(11-21-12-15)18-5-2-8-24-18)22-17-4-1-3-13-10-20-7-6-16(13)17/h1-8,10,14-15,21H,9,11-12H2,(H,22,23)/t14-,15-/m1/s1. The number of thiophene rings is 1. The highest BCUT2D eigenvalue weighted by Crippen LogP contribution is 2.30. The first-order chi connectivity index (χ1) is 11.8. The molecule has 3 heterocycles. The summed E-state index contributed by atoms with van der Waals surface area (Å²) in [4.78, 5) is 18.3. The van der Waals surface area contributed by atoms with Gasteiger partial charge in [0.1, 0.15) is 0 Å². The van der Waals surface area contributed by atoms with E-state index in [4.69, 9.17) is 0 Å². The van der Waals surface area contributed by atoms with Gasteiger partial charge in [-0.15, -0.1) is 11.3 Å². The number of aromatic nitrogens is 1. The third-order valence-electron chi connectivity index (χ3n) is 4.61. The molecule has 1 aromatic carbocycles. The van der Waals surface area contributed by atoms with Crippen LogP contribution in [0.2, 0.25) is 0 Å². The third-order valence-corrected chi connectivity index (χ3v) is 5.64. The van der Waals surface area contributed by atoms with Gasteiger partial charge in [0.2, 0.25) is 5.91 Å². The quantitative estimate of drug-likeness (QED) is 0.767. The lowest BCUT2D eigenvalue weighted by Crippen LogP contribution is -2.40. The number of carbonyl (C=O) groups is 1. The summed E-state index contributed by atoms with van der Waals surface area (Å²) in [5, 5.41) is 10.7. The van der Waals surface area contributed by atoms with E-state index in [-0.39, 0.29) is 11.8 Å². The number of hydrogen-bond donors (Lipinski definition) is 2. The highest BCUT2D eigenvalue weighted by molar-refractivity contribution is 7.10. The van der Waals surface area contributed by atoms with Gasteiger partial charge in [-0.25, -0.2) is 0 Å². The van der Waals surface area contributed by atoms with E-state index in [1.807, 2.05) is 30.5 Å². The molecule has 3 aromatic rings. The molecule has 5 heteroatoms. The van der Waals surface area contributed by atoms with Gasteiger partial charge in [-0.2, -0.15) is 0 Å². The van der Waals surface area contributed by atoms with Crippen molar-refractivity contribution in [2.75, 3.05) is 18.4 Å². The molecule has 0 aliphatic carbocycles. The van der Waals surface area contributed by atoms with Crippen molar-refractivity contribution in [1.29, 1.82) is 0 Å². The van der Waals surface area contributed by atoms with Gasteiger partial charge in [0.05, 0.1) is 5.92 Å². The first kappa shape index (κ1) is 15.3. The SMILES string of the molecule is O=C(Nc1cccc2cnccc12)[C@H]1CNC[C@H](c2cccs2)C1. The molecule has 0 saturated carbocycles. The molecule has 122 valence electrons. The number of carbonyl (C=O) groups excluding carboxylic acids is 1. The average Bonchev–Trinajstić information content (AvgIpc) is 3.17. The van der Waals surface area contributed by atoms with Crippen molar-refractivity contribution in [3.05, 3.63) is 59.0 Å². The minimum absolute atomic E-state index is 0.0112. The van der Waals surface area contributed by atoms with Gasteiger partial charge in [-0.1, -0.05) is 18.2 Å². The molecule has 2 N–H and O–H groups in total. The molecule has 2 aromatic heterocycles. The number of rotatable bonds is 3. The monoisotopic (exact) mass is 337 g/mol. The van der Waals surface area contributed by atoms with Gasteiger partial charge in [-0.05, 0) is 30.0 Å². The van der Waals surface area contributed by atoms with Crippen molar-refractivity contribution < 1.29 is 4.79 Å². The van der Waals surface area contributed by atoms with Crippen LogP contribution >= 0.6 is 11.3 Å². The van der Waals surface area contributed by atoms with Crippen LogP contribution in [0.4, 0.5) is 5.69 Å². The van der Waals surface area contributed by atoms with Crippen LogP contribution < -0.4 is 10.6 Å². The fraction of sp³-hybridized carbons (Fsp3) is 0.263. The minimum atomic E-state index is -0.0112. The zero-order valence-corrected chi connectivity index (χ0v) is 14.1. The summed E-state index contributed by atoms with van der Waals surface area (Å²) in [5.41, 5.74) is 0.859. The number of hydrogen-bond acceptors (Lipinski definition) is 4. The Balaban J connectivity index is 1.51. The third kappa shape index (κ3) is 3.05. The zero-order valence-electron chi connectivity index (χ0n) is 13.2. The van der Waals surface area contributed by atoms with E-state index in [1.165, 1.54) is 4.88 Å². The molecule has 1 fully saturated rings. The highest BCUT2D eigenvalue weighted by atomic mass is 32.1. The molecule has 2 atom stereocenters. The second-order valence-corrected chi connectivity index (χ2v) is 7.17. The highest BCUT2D eigenvalue weighted by Gasteiger charge is 2.28. The van der Waals surface area contributed by atoms with E-state index < -0.39 is 0 Å². The molecular formula is C19H19N3OS. The first-order valence-corrected chi connectivity index (χ1v) is 9.07. The number of fused-ring (bicyclic) bond motifs is 1. The van der Waals surface area contributed by atoms with Crippen LogP contribution in [0.3, 0.4) is 0 Å². The topological polar surface area (TPSA) is 54.0 Å². The summed E-state index contributed by atoms with van der Waals surface area (Å²) < 4.78 is 0. The maximum absolute atomic E-state index is 12.8. The molecule has 0 bridgehead atoms. The second kappa shape index (κ2) is 6.71. The molecule has 1 saturated heterocycles. The fourth-order valence-electron chi connectivity index (χ4n) is 3.35. The smallest absolute Gasteiger partial charge is 0.228 e. The van der Waals surface area contributed by atoms with Gasteiger partial charge >= 0.3 is 0 Å². The van der Waals surface area contributed by atoms with Crippen LogP contribution in [0.1, 0.15) is 17.2 Å². The predicted molar refractivity (Wildman–Crippen MR) is 98.4 cm³/mol. The molecular weight excluding hydrogens is 318 g/mol. The molecule has 0 radical (unpaired) electrons. The second-order valence-electron chi connectivity index (χ2n) is 6.19. The van der Waals surface area contributed by atoms with Crippen LogP contribution in [0.5, 0.6) is 0 Å². The lowest BCUT2D eigenvalue weighted by Gasteiger charge is -2.28. The Kier molecular flexibility index (Phi) is 4.28. The molecule has 1 amide bonds. The molecule has 24 heavy (non-hydrogen) atoms. The number of pyridine rings is 1. The van der Waals surface area contributed by atoms with Crippen molar-refractivity contribution in [2.45, 2.75) is 12.3 Å². The van der Waals surface area contributed by atoms with Crippen LogP contribution in [0, 0.1) is 5.92 Å². The van der Waals surface area contributed by atoms with Crippen molar-refractivity contribution in [2.24, 2.45) is 5.92 Å². The summed E-state index contributed by atoms with van der Waals surface area (Å²) in [6, 6.07) is 12.1. The summed E-state index contributed by atoms with van der Waals surface area (Å²) in [6.07, 6.45) is 4.47. The number of benzene rings is 1. The van der Waals surface area contributed by atoms with E-state index in [1.54, 1.807) is 17.5 Å². The Morgan fingerprint density at radius 3 is 3.04 bits per heavy atom. The summed E-state index contributed by atoms with van der Waals surface area (Å²) in [6.45, 7) is 1.68.